The normalized spacial score (nSPS) is 17.9. The first-order chi connectivity index (χ1) is 19.0. The van der Waals surface area contributed by atoms with Gasteiger partial charge in [-0.3, -0.25) is 4.90 Å². The highest BCUT2D eigenvalue weighted by Crippen LogP contribution is 2.19. The molecule has 2 aliphatic heterocycles. The van der Waals surface area contributed by atoms with Crippen LogP contribution in [0.2, 0.25) is 0 Å². The van der Waals surface area contributed by atoms with Crippen molar-refractivity contribution in [3.8, 4) is 5.75 Å². The molecular formula is C35H69N5O. The Morgan fingerprint density at radius 2 is 1.37 bits per heavy atom. The maximum atomic E-state index is 5.20. The Kier molecular flexibility index (Phi) is 17.1. The zero-order valence-electron chi connectivity index (χ0n) is 29.3. The molecule has 0 amide bonds. The number of nitrogens with zero attached hydrogens (tertiary/aromatic N) is 3. The largest absolute Gasteiger partial charge is 0.497 e. The highest BCUT2D eigenvalue weighted by Gasteiger charge is 2.23. The molecule has 0 atom stereocenters. The van der Waals surface area contributed by atoms with Gasteiger partial charge in [0.2, 0.25) is 0 Å². The van der Waals surface area contributed by atoms with Crippen LogP contribution in [0.15, 0.2) is 24.3 Å². The average molecular weight is 576 g/mol. The third kappa shape index (κ3) is 19.6. The molecule has 0 unspecified atom stereocenters. The molecule has 1 aromatic carbocycles. The molecule has 0 bridgehead atoms. The van der Waals surface area contributed by atoms with E-state index in [-0.39, 0.29) is 11.1 Å². The van der Waals surface area contributed by atoms with Gasteiger partial charge in [-0.2, -0.15) is 0 Å². The van der Waals surface area contributed by atoms with Crippen LogP contribution in [-0.4, -0.2) is 104 Å². The smallest absolute Gasteiger partial charge is 0.118 e. The lowest BCUT2D eigenvalue weighted by Crippen LogP contribution is -2.49. The van der Waals surface area contributed by atoms with E-state index in [0.717, 1.165) is 31.8 Å². The first kappa shape index (κ1) is 37.8. The van der Waals surface area contributed by atoms with Gasteiger partial charge in [0.25, 0.3) is 0 Å². The summed E-state index contributed by atoms with van der Waals surface area (Å²) in [6.07, 6.45) is 7.89. The Labute approximate surface area is 256 Å². The molecule has 0 saturated carbocycles. The fourth-order valence-electron chi connectivity index (χ4n) is 5.21. The highest BCUT2D eigenvalue weighted by molar-refractivity contribution is 5.27. The molecule has 2 heterocycles. The molecule has 0 radical (unpaired) electrons. The number of ether oxygens (including phenoxy) is 1. The van der Waals surface area contributed by atoms with Gasteiger partial charge in [0, 0.05) is 42.3 Å². The first-order valence-corrected chi connectivity index (χ1v) is 16.3. The van der Waals surface area contributed by atoms with Crippen molar-refractivity contribution in [3.05, 3.63) is 29.8 Å². The quantitative estimate of drug-likeness (QED) is 0.379. The van der Waals surface area contributed by atoms with Gasteiger partial charge < -0.3 is 25.2 Å². The molecule has 240 valence electrons. The van der Waals surface area contributed by atoms with Crippen molar-refractivity contribution in [2.24, 2.45) is 0 Å². The van der Waals surface area contributed by atoms with E-state index >= 15 is 0 Å². The SMILES string of the molecule is CC(C)(C)N1CCCCC1.CN(C)CCNC(C)(C)C.COc1ccc(CCN2CCC(NC(C)(C)C)CC2)cc1. The van der Waals surface area contributed by atoms with Gasteiger partial charge >= 0.3 is 0 Å². The first-order valence-electron chi connectivity index (χ1n) is 16.3. The van der Waals surface area contributed by atoms with Crippen LogP contribution in [-0.2, 0) is 6.42 Å². The van der Waals surface area contributed by atoms with Crippen molar-refractivity contribution in [1.29, 1.82) is 0 Å². The van der Waals surface area contributed by atoms with Crippen molar-refractivity contribution < 1.29 is 4.74 Å². The van der Waals surface area contributed by atoms with E-state index in [0.29, 0.717) is 11.6 Å². The number of piperidine rings is 2. The summed E-state index contributed by atoms with van der Waals surface area (Å²) in [4.78, 5) is 7.35. The molecule has 2 aliphatic rings. The number of methoxy groups -OCH3 is 1. The third-order valence-corrected chi connectivity index (χ3v) is 7.62. The van der Waals surface area contributed by atoms with E-state index in [4.69, 9.17) is 4.74 Å². The van der Waals surface area contributed by atoms with Crippen LogP contribution in [0.25, 0.3) is 0 Å². The number of rotatable bonds is 8. The summed E-state index contributed by atoms with van der Waals surface area (Å²) >= 11 is 0. The van der Waals surface area contributed by atoms with Crippen molar-refractivity contribution in [2.75, 3.05) is 67.0 Å². The van der Waals surface area contributed by atoms with Gasteiger partial charge in [-0.25, -0.2) is 0 Å². The van der Waals surface area contributed by atoms with Crippen molar-refractivity contribution in [3.63, 3.8) is 0 Å². The summed E-state index contributed by atoms with van der Waals surface area (Å²) < 4.78 is 5.20. The minimum absolute atomic E-state index is 0.232. The van der Waals surface area contributed by atoms with Gasteiger partial charge in [-0.1, -0.05) is 18.6 Å². The molecule has 6 heteroatoms. The molecule has 41 heavy (non-hydrogen) atoms. The molecule has 1 aromatic rings. The Bertz CT molecular complexity index is 775. The van der Waals surface area contributed by atoms with Crippen LogP contribution < -0.4 is 15.4 Å². The summed E-state index contributed by atoms with van der Waals surface area (Å²) in [7, 11) is 5.89. The van der Waals surface area contributed by atoms with Gasteiger partial charge in [0.05, 0.1) is 7.11 Å². The summed E-state index contributed by atoms with van der Waals surface area (Å²) in [5, 5.41) is 7.14. The predicted octanol–water partition coefficient (Wildman–Crippen LogP) is 6.30. The molecule has 2 N–H and O–H groups in total. The Morgan fingerprint density at radius 1 is 0.805 bits per heavy atom. The maximum absolute atomic E-state index is 5.20. The lowest BCUT2D eigenvalue weighted by Gasteiger charge is -2.38. The molecular weight excluding hydrogens is 506 g/mol. The fourth-order valence-corrected chi connectivity index (χ4v) is 5.21. The number of benzene rings is 1. The van der Waals surface area contributed by atoms with Gasteiger partial charge in [0.1, 0.15) is 5.75 Å². The van der Waals surface area contributed by atoms with Gasteiger partial charge in [0.15, 0.2) is 0 Å². The number of hydrogen-bond acceptors (Lipinski definition) is 6. The lowest BCUT2D eigenvalue weighted by atomic mass is 9.99. The average Bonchev–Trinajstić information content (AvgIpc) is 2.87. The summed E-state index contributed by atoms with van der Waals surface area (Å²) in [6, 6.07) is 9.13. The van der Waals surface area contributed by atoms with Gasteiger partial charge in [-0.05, 0) is 152 Å². The number of likely N-dealkylation sites (tertiary alicyclic amines) is 2. The van der Waals surface area contributed by atoms with Crippen LogP contribution in [0.1, 0.15) is 100.0 Å². The summed E-state index contributed by atoms with van der Waals surface area (Å²) in [5.74, 6) is 0.938. The van der Waals surface area contributed by atoms with Crippen molar-refractivity contribution in [2.45, 2.75) is 123 Å². The molecule has 0 spiro atoms. The van der Waals surface area contributed by atoms with E-state index in [1.807, 2.05) is 0 Å². The molecule has 0 aromatic heterocycles. The third-order valence-electron chi connectivity index (χ3n) is 7.62. The molecule has 6 nitrogen and oxygen atoms in total. The van der Waals surface area contributed by atoms with Crippen LogP contribution >= 0.6 is 0 Å². The fraction of sp³-hybridized carbons (Fsp3) is 0.829. The molecule has 2 saturated heterocycles. The predicted molar refractivity (Wildman–Crippen MR) is 181 cm³/mol. The second-order valence-corrected chi connectivity index (χ2v) is 15.3. The zero-order chi connectivity index (χ0) is 31.1. The highest BCUT2D eigenvalue weighted by atomic mass is 16.5. The lowest BCUT2D eigenvalue weighted by molar-refractivity contribution is 0.111. The molecule has 0 aliphatic carbocycles. The van der Waals surface area contributed by atoms with E-state index in [1.165, 1.54) is 63.8 Å². The number of likely N-dealkylation sites (N-methyl/N-ethyl adjacent to an activating group) is 1. The summed E-state index contributed by atoms with van der Waals surface area (Å²) in [6.45, 7) is 28.6. The zero-order valence-corrected chi connectivity index (χ0v) is 29.3. The van der Waals surface area contributed by atoms with E-state index < -0.39 is 0 Å². The second kappa shape index (κ2) is 18.5. The van der Waals surface area contributed by atoms with Crippen molar-refractivity contribution in [1.82, 2.24) is 25.3 Å². The molecule has 2 fully saturated rings. The van der Waals surface area contributed by atoms with Crippen LogP contribution in [0.4, 0.5) is 0 Å². The Balaban J connectivity index is 0.000000351. The minimum atomic E-state index is 0.232. The van der Waals surface area contributed by atoms with Crippen LogP contribution in [0.3, 0.4) is 0 Å². The second-order valence-electron chi connectivity index (χ2n) is 15.3. The number of nitrogens with one attached hydrogen (secondary N) is 2. The van der Waals surface area contributed by atoms with E-state index in [9.17, 15) is 0 Å². The molecule has 3 rings (SSSR count). The standard InChI is InChI=1S/C18H30N2O.C9H19N.C8H20N2/c1-18(2,3)19-16-10-13-20(14-11-16)12-9-15-5-7-17(21-4)8-6-15;1-9(2,3)10-7-5-4-6-8-10;1-8(2,3)9-6-7-10(4)5/h5-8,16,19H,9-14H2,1-4H3;4-8H2,1-3H3;9H,6-7H2,1-5H3. The van der Waals surface area contributed by atoms with Crippen molar-refractivity contribution >= 4 is 0 Å². The van der Waals surface area contributed by atoms with Crippen LogP contribution in [0, 0.1) is 0 Å². The topological polar surface area (TPSA) is 43.0 Å². The monoisotopic (exact) mass is 576 g/mol. The van der Waals surface area contributed by atoms with Crippen LogP contribution in [0.5, 0.6) is 5.75 Å². The van der Waals surface area contributed by atoms with E-state index in [2.05, 4.69) is 126 Å². The summed E-state index contributed by atoms with van der Waals surface area (Å²) in [5.41, 5.74) is 2.29. The van der Waals surface area contributed by atoms with Gasteiger partial charge in [-0.15, -0.1) is 0 Å². The Morgan fingerprint density at radius 3 is 1.78 bits per heavy atom. The minimum Gasteiger partial charge on any atom is -0.497 e. The number of hydrogen-bond donors (Lipinski definition) is 2. The Hall–Kier alpha value is -1.18. The maximum Gasteiger partial charge on any atom is 0.118 e. The van der Waals surface area contributed by atoms with E-state index in [1.54, 1.807) is 7.11 Å².